The predicted octanol–water partition coefficient (Wildman–Crippen LogP) is 1.53. The number of nitrogens with two attached hydrogens (primary N) is 1. The molecule has 1 aliphatic heterocycles. The lowest BCUT2D eigenvalue weighted by atomic mass is 9.97. The van der Waals surface area contributed by atoms with Crippen molar-refractivity contribution >= 4 is 35.6 Å². The molecule has 2 aromatic carbocycles. The van der Waals surface area contributed by atoms with Gasteiger partial charge in [0.25, 0.3) is 0 Å². The monoisotopic (exact) mass is 599 g/mol. The summed E-state index contributed by atoms with van der Waals surface area (Å²) in [6, 6.07) is 15.7. The first-order valence-electron chi connectivity index (χ1n) is 13.8. The maximum Gasteiger partial charge on any atom is 0.408 e. The topological polar surface area (TPSA) is 163 Å². The van der Waals surface area contributed by atoms with E-state index in [9.17, 15) is 24.3 Å². The van der Waals surface area contributed by atoms with E-state index >= 15 is 0 Å². The second-order valence-electron chi connectivity index (χ2n) is 11.2. The first-order valence-corrected chi connectivity index (χ1v) is 15.0. The SMILES string of the molecule is CC(C)(C)N(C[C@@H](O)[C@H](Cc1ccccc1)NC(=O)[C@H](CC(N)=O)NC(=O)OCc1ccccc1)C(=O)[C@@H]1CSCN1. The molecule has 2 aromatic rings. The number of nitrogens with one attached hydrogen (secondary N) is 3. The normalized spacial score (nSPS) is 17.0. The third-order valence-electron chi connectivity index (χ3n) is 6.78. The number of thioether (sulfide) groups is 1. The predicted molar refractivity (Wildman–Crippen MR) is 161 cm³/mol. The number of alkyl carbamates (subject to hydrolysis) is 1. The molecule has 0 aliphatic carbocycles. The van der Waals surface area contributed by atoms with Gasteiger partial charge in [0.1, 0.15) is 12.6 Å². The zero-order valence-corrected chi connectivity index (χ0v) is 25.1. The molecule has 0 saturated carbocycles. The minimum absolute atomic E-state index is 0.0298. The Kier molecular flexibility index (Phi) is 12.2. The fourth-order valence-electron chi connectivity index (χ4n) is 4.50. The van der Waals surface area contributed by atoms with Gasteiger partial charge in [-0.15, -0.1) is 11.8 Å². The van der Waals surface area contributed by atoms with Gasteiger partial charge < -0.3 is 31.1 Å². The van der Waals surface area contributed by atoms with Gasteiger partial charge in [-0.2, -0.15) is 0 Å². The van der Waals surface area contributed by atoms with Gasteiger partial charge in [-0.25, -0.2) is 4.79 Å². The maximum absolute atomic E-state index is 13.4. The summed E-state index contributed by atoms with van der Waals surface area (Å²) in [6.07, 6.45) is -2.31. The second-order valence-corrected chi connectivity index (χ2v) is 12.2. The Bertz CT molecular complexity index is 1190. The first kappa shape index (κ1) is 32.9. The number of carbonyl (C=O) groups excluding carboxylic acids is 4. The lowest BCUT2D eigenvalue weighted by molar-refractivity contribution is -0.140. The van der Waals surface area contributed by atoms with Gasteiger partial charge in [0.05, 0.1) is 24.6 Å². The molecule has 0 unspecified atom stereocenters. The van der Waals surface area contributed by atoms with E-state index in [-0.39, 0.29) is 31.5 Å². The van der Waals surface area contributed by atoms with Crippen molar-refractivity contribution < 1.29 is 29.0 Å². The molecule has 0 aromatic heterocycles. The summed E-state index contributed by atoms with van der Waals surface area (Å²) >= 11 is 1.63. The smallest absolute Gasteiger partial charge is 0.408 e. The highest BCUT2D eigenvalue weighted by atomic mass is 32.2. The van der Waals surface area contributed by atoms with Gasteiger partial charge in [-0.1, -0.05) is 60.7 Å². The summed E-state index contributed by atoms with van der Waals surface area (Å²) in [6.45, 7) is 5.59. The van der Waals surface area contributed by atoms with Gasteiger partial charge in [-0.3, -0.25) is 19.7 Å². The third kappa shape index (κ3) is 10.3. The molecule has 1 aliphatic rings. The Labute approximate surface area is 250 Å². The number of hydrogen-bond acceptors (Lipinski definition) is 8. The van der Waals surface area contributed by atoms with E-state index in [4.69, 9.17) is 10.5 Å². The number of nitrogens with zero attached hydrogens (tertiary/aromatic N) is 1. The van der Waals surface area contributed by atoms with Crippen molar-refractivity contribution in [2.75, 3.05) is 18.2 Å². The molecule has 4 amide bonds. The van der Waals surface area contributed by atoms with E-state index in [1.165, 1.54) is 0 Å². The fraction of sp³-hybridized carbons (Fsp3) is 0.467. The lowest BCUT2D eigenvalue weighted by Gasteiger charge is -2.40. The van der Waals surface area contributed by atoms with Crippen molar-refractivity contribution in [2.24, 2.45) is 5.73 Å². The summed E-state index contributed by atoms with van der Waals surface area (Å²) in [5, 5.41) is 19.8. The van der Waals surface area contributed by atoms with Crippen LogP contribution in [0.3, 0.4) is 0 Å². The van der Waals surface area contributed by atoms with Crippen LogP contribution in [0.15, 0.2) is 60.7 Å². The van der Waals surface area contributed by atoms with Crippen LogP contribution < -0.4 is 21.7 Å². The Morgan fingerprint density at radius 2 is 1.67 bits per heavy atom. The highest BCUT2D eigenvalue weighted by Gasteiger charge is 2.37. The van der Waals surface area contributed by atoms with Crippen molar-refractivity contribution in [2.45, 2.75) is 70.0 Å². The number of aliphatic hydroxyl groups excluding tert-OH is 1. The second kappa shape index (κ2) is 15.6. The van der Waals surface area contributed by atoms with Gasteiger partial charge >= 0.3 is 6.09 Å². The molecule has 11 nitrogen and oxygen atoms in total. The zero-order chi connectivity index (χ0) is 30.7. The number of β-amino-alcohol motifs (C(OH)–C–C–N with tert-alkyl or cyclic N) is 1. The molecule has 1 heterocycles. The standard InChI is InChI=1S/C30H41N5O6S/c1-30(2,3)35(28(39)24-18-42-19-32-24)16-25(36)22(14-20-10-6-4-7-11-20)33-27(38)23(15-26(31)37)34-29(40)41-17-21-12-8-5-9-13-21/h4-13,22-25,32,36H,14-19H2,1-3H3,(H2,31,37)(H,33,38)(H,34,40)/t22-,23-,24-,25+/m0/s1. The summed E-state index contributed by atoms with van der Waals surface area (Å²) in [4.78, 5) is 52.7. The molecule has 3 rings (SSSR count). The van der Waals surface area contributed by atoms with Crippen LogP contribution in [0.4, 0.5) is 4.79 Å². The molecule has 12 heteroatoms. The van der Waals surface area contributed by atoms with Gasteiger partial charge in [-0.05, 0) is 38.3 Å². The van der Waals surface area contributed by atoms with Crippen molar-refractivity contribution in [3.63, 3.8) is 0 Å². The molecule has 1 fully saturated rings. The van der Waals surface area contributed by atoms with E-state index in [1.54, 1.807) is 40.9 Å². The van der Waals surface area contributed by atoms with Crippen LogP contribution in [0.25, 0.3) is 0 Å². The molecule has 0 spiro atoms. The molecule has 0 bridgehead atoms. The molecule has 1 saturated heterocycles. The highest BCUT2D eigenvalue weighted by molar-refractivity contribution is 7.99. The number of aliphatic hydroxyl groups is 1. The Hall–Kier alpha value is -3.61. The molecular formula is C30H41N5O6S. The zero-order valence-electron chi connectivity index (χ0n) is 24.2. The number of hydrogen-bond donors (Lipinski definition) is 5. The number of rotatable bonds is 13. The number of ether oxygens (including phenoxy) is 1. The number of amides is 4. The maximum atomic E-state index is 13.4. The molecule has 42 heavy (non-hydrogen) atoms. The van der Waals surface area contributed by atoms with E-state index in [0.29, 0.717) is 11.6 Å². The van der Waals surface area contributed by atoms with Crippen LogP contribution in [-0.2, 0) is 32.1 Å². The molecule has 228 valence electrons. The Morgan fingerprint density at radius 3 is 2.21 bits per heavy atom. The third-order valence-corrected chi connectivity index (χ3v) is 7.72. The number of primary amides is 1. The van der Waals surface area contributed by atoms with Crippen molar-refractivity contribution in [3.05, 3.63) is 71.8 Å². The van der Waals surface area contributed by atoms with E-state index in [0.717, 1.165) is 11.1 Å². The molecule has 0 radical (unpaired) electrons. The van der Waals surface area contributed by atoms with E-state index < -0.39 is 48.1 Å². The van der Waals surface area contributed by atoms with Crippen LogP contribution >= 0.6 is 11.8 Å². The lowest BCUT2D eigenvalue weighted by Crippen LogP contribution is -2.59. The molecule has 4 atom stereocenters. The summed E-state index contributed by atoms with van der Waals surface area (Å²) < 4.78 is 5.22. The quantitative estimate of drug-likeness (QED) is 0.232. The fourth-order valence-corrected chi connectivity index (χ4v) is 5.44. The summed E-state index contributed by atoms with van der Waals surface area (Å²) in [7, 11) is 0. The van der Waals surface area contributed by atoms with Crippen molar-refractivity contribution in [1.29, 1.82) is 0 Å². The van der Waals surface area contributed by atoms with Crippen LogP contribution in [0.1, 0.15) is 38.3 Å². The highest BCUT2D eigenvalue weighted by Crippen LogP contribution is 2.21. The largest absolute Gasteiger partial charge is 0.445 e. The van der Waals surface area contributed by atoms with Crippen LogP contribution in [0.5, 0.6) is 0 Å². The van der Waals surface area contributed by atoms with Gasteiger partial charge in [0.15, 0.2) is 0 Å². The average molecular weight is 600 g/mol. The van der Waals surface area contributed by atoms with E-state index in [1.807, 2.05) is 57.2 Å². The van der Waals surface area contributed by atoms with Gasteiger partial charge in [0, 0.05) is 23.7 Å². The summed E-state index contributed by atoms with van der Waals surface area (Å²) in [5.74, 6) is -0.345. The molecular weight excluding hydrogens is 558 g/mol. The Morgan fingerprint density at radius 1 is 1.05 bits per heavy atom. The number of benzene rings is 2. The Balaban J connectivity index is 1.76. The van der Waals surface area contributed by atoms with Crippen LogP contribution in [0, 0.1) is 0 Å². The average Bonchev–Trinajstić information content (AvgIpc) is 3.49. The van der Waals surface area contributed by atoms with Crippen molar-refractivity contribution in [1.82, 2.24) is 20.9 Å². The first-order chi connectivity index (χ1) is 19.9. The van der Waals surface area contributed by atoms with Crippen LogP contribution in [0.2, 0.25) is 0 Å². The van der Waals surface area contributed by atoms with E-state index in [2.05, 4.69) is 16.0 Å². The summed E-state index contributed by atoms with van der Waals surface area (Å²) in [5.41, 5.74) is 6.36. The van der Waals surface area contributed by atoms with Crippen LogP contribution in [-0.4, -0.2) is 81.8 Å². The van der Waals surface area contributed by atoms with Gasteiger partial charge in [0.2, 0.25) is 17.7 Å². The van der Waals surface area contributed by atoms with Crippen molar-refractivity contribution in [3.8, 4) is 0 Å². The minimum Gasteiger partial charge on any atom is -0.445 e. The number of carbonyl (C=O) groups is 4. The molecule has 6 N–H and O–H groups in total. The minimum atomic E-state index is -1.34.